The first-order valence-electron chi connectivity index (χ1n) is 8.06. The third kappa shape index (κ3) is 2.12. The van der Waals surface area contributed by atoms with Crippen LogP contribution in [-0.4, -0.2) is 0 Å². The van der Waals surface area contributed by atoms with Gasteiger partial charge in [-0.2, -0.15) is 4.98 Å². The summed E-state index contributed by atoms with van der Waals surface area (Å²) in [5.74, 6) is 0. The summed E-state index contributed by atoms with van der Waals surface area (Å²) in [7, 11) is 0. The van der Waals surface area contributed by atoms with E-state index >= 15 is 0 Å². The number of aromatic nitrogens is 1. The molecule has 0 fully saturated rings. The standard InChI is InChI=1S/C19H20N2S/c1-12-17(20)16-14-10-6-3-7-11-15(14)22-19(16)21-18(12)13-8-4-2-5-9-13/h2,4-5,8-9H,3,6-7,10-11H2,1H3,(H2,20,21)/p+1. The molecule has 112 valence electrons. The largest absolute Gasteiger partial charge is 0.398 e. The molecule has 1 aliphatic rings. The van der Waals surface area contributed by atoms with Crippen molar-refractivity contribution >= 4 is 27.2 Å². The molecule has 0 spiro atoms. The number of hydrogen-bond donors (Lipinski definition) is 1. The van der Waals surface area contributed by atoms with Gasteiger partial charge in [0.25, 0.3) is 4.83 Å². The summed E-state index contributed by atoms with van der Waals surface area (Å²) < 4.78 is 0. The van der Waals surface area contributed by atoms with Gasteiger partial charge in [-0.1, -0.05) is 36.0 Å². The molecule has 2 nitrogen and oxygen atoms in total. The predicted octanol–water partition coefficient (Wildman–Crippen LogP) is 4.54. The van der Waals surface area contributed by atoms with Crippen LogP contribution in [-0.2, 0) is 12.8 Å². The number of hydrogen-bond acceptors (Lipinski definition) is 2. The minimum absolute atomic E-state index is 0.965. The van der Waals surface area contributed by atoms with Crippen molar-refractivity contribution in [2.24, 2.45) is 0 Å². The van der Waals surface area contributed by atoms with Crippen LogP contribution in [0.2, 0.25) is 0 Å². The van der Waals surface area contributed by atoms with Crippen molar-refractivity contribution in [3.8, 4) is 11.3 Å². The summed E-state index contributed by atoms with van der Waals surface area (Å²) in [6.07, 6.45) is 6.33. The van der Waals surface area contributed by atoms with E-state index < -0.39 is 0 Å². The minimum atomic E-state index is 0.965. The van der Waals surface area contributed by atoms with Crippen molar-refractivity contribution in [1.29, 1.82) is 0 Å². The van der Waals surface area contributed by atoms with E-state index in [0.717, 1.165) is 11.4 Å². The third-order valence-electron chi connectivity index (χ3n) is 4.77. The van der Waals surface area contributed by atoms with Crippen molar-refractivity contribution in [3.63, 3.8) is 0 Å². The second-order valence-corrected chi connectivity index (χ2v) is 7.28. The maximum absolute atomic E-state index is 6.56. The van der Waals surface area contributed by atoms with Crippen LogP contribution in [0, 0.1) is 6.92 Å². The Labute approximate surface area is 135 Å². The highest BCUT2D eigenvalue weighted by molar-refractivity contribution is 7.18. The van der Waals surface area contributed by atoms with Gasteiger partial charge in [0, 0.05) is 16.0 Å². The molecule has 22 heavy (non-hydrogen) atoms. The molecule has 0 radical (unpaired) electrons. The van der Waals surface area contributed by atoms with Crippen LogP contribution < -0.4 is 10.7 Å². The fraction of sp³-hybridized carbons (Fsp3) is 0.316. The highest BCUT2D eigenvalue weighted by Gasteiger charge is 2.24. The first-order chi connectivity index (χ1) is 10.8. The average molecular weight is 309 g/mol. The van der Waals surface area contributed by atoms with E-state index in [9.17, 15) is 0 Å². The summed E-state index contributed by atoms with van der Waals surface area (Å²) in [5, 5.41) is 1.29. The lowest BCUT2D eigenvalue weighted by Crippen LogP contribution is -2.12. The van der Waals surface area contributed by atoms with E-state index in [-0.39, 0.29) is 0 Å². The number of anilines is 1. The molecule has 0 unspecified atom stereocenters. The molecule has 0 amide bonds. The van der Waals surface area contributed by atoms with Gasteiger partial charge in [0.1, 0.15) is 0 Å². The lowest BCUT2D eigenvalue weighted by molar-refractivity contribution is -0.328. The molecule has 0 bridgehead atoms. The van der Waals surface area contributed by atoms with Crippen LogP contribution in [0.25, 0.3) is 21.5 Å². The fourth-order valence-electron chi connectivity index (χ4n) is 3.54. The zero-order valence-corrected chi connectivity index (χ0v) is 13.7. The van der Waals surface area contributed by atoms with Gasteiger partial charge in [-0.15, -0.1) is 0 Å². The van der Waals surface area contributed by atoms with Gasteiger partial charge in [0.05, 0.1) is 11.1 Å². The van der Waals surface area contributed by atoms with Gasteiger partial charge >= 0.3 is 0 Å². The highest BCUT2D eigenvalue weighted by atomic mass is 32.1. The molecule has 3 heteroatoms. The summed E-state index contributed by atoms with van der Waals surface area (Å²) in [4.78, 5) is 6.45. The molecule has 0 saturated heterocycles. The van der Waals surface area contributed by atoms with Crippen LogP contribution in [0.4, 0.5) is 5.69 Å². The number of nitrogens with two attached hydrogens (primary N) is 1. The molecular formula is C19H21N2S+. The Bertz CT molecular complexity index is 834. The van der Waals surface area contributed by atoms with Crippen molar-refractivity contribution in [3.05, 3.63) is 46.3 Å². The topological polar surface area (TPSA) is 40.2 Å². The minimum Gasteiger partial charge on any atom is -0.398 e. The molecule has 3 N–H and O–H groups in total. The molecule has 1 aliphatic carbocycles. The van der Waals surface area contributed by atoms with E-state index in [1.165, 1.54) is 59.0 Å². The average Bonchev–Trinajstić information content (AvgIpc) is 2.73. The molecule has 0 aliphatic heterocycles. The number of aryl methyl sites for hydroxylation is 2. The number of benzene rings is 1. The Morgan fingerprint density at radius 3 is 2.64 bits per heavy atom. The third-order valence-corrected chi connectivity index (χ3v) is 5.98. The first kappa shape index (κ1) is 13.8. The number of nitrogens with one attached hydrogen (secondary N) is 1. The second kappa shape index (κ2) is 5.40. The molecule has 4 rings (SSSR count). The summed E-state index contributed by atoms with van der Waals surface area (Å²) in [5.41, 5.74) is 12.6. The van der Waals surface area contributed by atoms with Gasteiger partial charge in [-0.25, -0.2) is 0 Å². The Balaban J connectivity index is 1.98. The van der Waals surface area contributed by atoms with Crippen molar-refractivity contribution in [2.45, 2.75) is 39.0 Å². The zero-order chi connectivity index (χ0) is 15.1. The molecule has 0 saturated carbocycles. The quantitative estimate of drug-likeness (QED) is 0.659. The van der Waals surface area contributed by atoms with E-state index in [1.54, 1.807) is 4.88 Å². The van der Waals surface area contributed by atoms with Crippen LogP contribution in [0.3, 0.4) is 0 Å². The van der Waals surface area contributed by atoms with Crippen LogP contribution >= 0.6 is 11.3 Å². The SMILES string of the molecule is Cc1c(-c2ccccc2)[nH+]c2sc3c(c2c1N)CCCCC3. The number of nitrogen functional groups attached to an aromatic ring is 1. The number of H-pyrrole nitrogens is 1. The lowest BCUT2D eigenvalue weighted by atomic mass is 10.0. The van der Waals surface area contributed by atoms with E-state index in [0.29, 0.717) is 0 Å². The normalized spacial score (nSPS) is 14.8. The van der Waals surface area contributed by atoms with Gasteiger partial charge < -0.3 is 5.73 Å². The van der Waals surface area contributed by atoms with Gasteiger partial charge in [-0.3, -0.25) is 0 Å². The van der Waals surface area contributed by atoms with Gasteiger partial charge in [0.15, 0.2) is 0 Å². The van der Waals surface area contributed by atoms with E-state index in [1.807, 2.05) is 17.4 Å². The second-order valence-electron chi connectivity index (χ2n) is 6.17. The Kier molecular flexibility index (Phi) is 3.38. The number of rotatable bonds is 1. The van der Waals surface area contributed by atoms with Crippen molar-refractivity contribution < 1.29 is 4.98 Å². The zero-order valence-electron chi connectivity index (χ0n) is 12.9. The van der Waals surface area contributed by atoms with E-state index in [4.69, 9.17) is 5.73 Å². The fourth-order valence-corrected chi connectivity index (χ4v) is 4.85. The van der Waals surface area contributed by atoms with Gasteiger partial charge in [0.2, 0.25) is 5.69 Å². The summed E-state index contributed by atoms with van der Waals surface area (Å²) in [6, 6.07) is 10.5. The maximum Gasteiger partial charge on any atom is 0.270 e. The molecular weight excluding hydrogens is 288 g/mol. The molecule has 2 aromatic heterocycles. The monoisotopic (exact) mass is 309 g/mol. The van der Waals surface area contributed by atoms with E-state index in [2.05, 4.69) is 36.2 Å². The molecule has 2 heterocycles. The molecule has 3 aromatic rings. The van der Waals surface area contributed by atoms with Gasteiger partial charge in [-0.05, 0) is 50.3 Å². The van der Waals surface area contributed by atoms with Crippen molar-refractivity contribution in [1.82, 2.24) is 0 Å². The van der Waals surface area contributed by atoms with Crippen LogP contribution in [0.15, 0.2) is 30.3 Å². The Morgan fingerprint density at radius 2 is 1.82 bits per heavy atom. The molecule has 0 atom stereocenters. The Morgan fingerprint density at radius 1 is 1.05 bits per heavy atom. The summed E-state index contributed by atoms with van der Waals surface area (Å²) in [6.45, 7) is 2.13. The highest BCUT2D eigenvalue weighted by Crippen LogP contribution is 2.39. The smallest absolute Gasteiger partial charge is 0.270 e. The number of fused-ring (bicyclic) bond motifs is 3. The molecule has 1 aromatic carbocycles. The van der Waals surface area contributed by atoms with Crippen LogP contribution in [0.1, 0.15) is 35.3 Å². The first-order valence-corrected chi connectivity index (χ1v) is 8.88. The van der Waals surface area contributed by atoms with Crippen molar-refractivity contribution in [2.75, 3.05) is 5.73 Å². The summed E-state index contributed by atoms with van der Waals surface area (Å²) >= 11 is 1.91. The number of thiophene rings is 1. The Hall–Kier alpha value is -1.87. The maximum atomic E-state index is 6.56. The van der Waals surface area contributed by atoms with Crippen LogP contribution in [0.5, 0.6) is 0 Å². The lowest BCUT2D eigenvalue weighted by Gasteiger charge is -2.06. The number of aromatic amines is 1. The number of pyridine rings is 1. The predicted molar refractivity (Wildman–Crippen MR) is 94.2 cm³/mol.